The third-order valence-electron chi connectivity index (χ3n) is 3.19. The first-order valence-corrected chi connectivity index (χ1v) is 6.87. The normalized spacial score (nSPS) is 10.8. The van der Waals surface area contributed by atoms with Gasteiger partial charge in [-0.1, -0.05) is 19.8 Å². The maximum absolute atomic E-state index is 4.46. The SMILES string of the molecule is CCCCCN(c1ncnc(NC)c1C)C(C)C. The van der Waals surface area contributed by atoms with Crippen LogP contribution in [0, 0.1) is 6.92 Å². The zero-order valence-electron chi connectivity index (χ0n) is 12.3. The van der Waals surface area contributed by atoms with Crippen LogP contribution in [0.5, 0.6) is 0 Å². The third-order valence-corrected chi connectivity index (χ3v) is 3.19. The molecule has 0 saturated carbocycles. The van der Waals surface area contributed by atoms with E-state index in [1.165, 1.54) is 19.3 Å². The van der Waals surface area contributed by atoms with Crippen LogP contribution in [0.1, 0.15) is 45.6 Å². The summed E-state index contributed by atoms with van der Waals surface area (Å²) >= 11 is 0. The summed E-state index contributed by atoms with van der Waals surface area (Å²) < 4.78 is 0. The lowest BCUT2D eigenvalue weighted by Crippen LogP contribution is -2.33. The Morgan fingerprint density at radius 2 is 2.00 bits per heavy atom. The molecule has 0 aliphatic heterocycles. The lowest BCUT2D eigenvalue weighted by Gasteiger charge is -2.29. The minimum Gasteiger partial charge on any atom is -0.373 e. The Labute approximate surface area is 111 Å². The van der Waals surface area contributed by atoms with E-state index < -0.39 is 0 Å². The van der Waals surface area contributed by atoms with E-state index in [1.54, 1.807) is 6.33 Å². The molecule has 4 heteroatoms. The Hall–Kier alpha value is -1.32. The number of nitrogens with one attached hydrogen (secondary N) is 1. The van der Waals surface area contributed by atoms with Gasteiger partial charge >= 0.3 is 0 Å². The number of aromatic nitrogens is 2. The van der Waals surface area contributed by atoms with Crippen LogP contribution in [0.4, 0.5) is 11.6 Å². The molecule has 0 spiro atoms. The van der Waals surface area contributed by atoms with E-state index in [1.807, 2.05) is 7.05 Å². The van der Waals surface area contributed by atoms with Crippen LogP contribution in [0.25, 0.3) is 0 Å². The minimum absolute atomic E-state index is 0.458. The second-order valence-electron chi connectivity index (χ2n) is 4.92. The summed E-state index contributed by atoms with van der Waals surface area (Å²) in [5.74, 6) is 1.97. The quantitative estimate of drug-likeness (QED) is 0.754. The predicted octanol–water partition coefficient (Wildman–Crippen LogP) is 3.23. The first-order chi connectivity index (χ1) is 8.61. The molecular formula is C14H26N4. The summed E-state index contributed by atoms with van der Waals surface area (Å²) in [5, 5.41) is 3.12. The van der Waals surface area contributed by atoms with Crippen molar-refractivity contribution in [2.24, 2.45) is 0 Å². The van der Waals surface area contributed by atoms with Gasteiger partial charge in [-0.2, -0.15) is 0 Å². The maximum Gasteiger partial charge on any atom is 0.137 e. The van der Waals surface area contributed by atoms with Crippen LogP contribution < -0.4 is 10.2 Å². The first-order valence-electron chi connectivity index (χ1n) is 6.87. The monoisotopic (exact) mass is 250 g/mol. The van der Waals surface area contributed by atoms with Gasteiger partial charge in [-0.3, -0.25) is 0 Å². The van der Waals surface area contributed by atoms with Crippen LogP contribution in [0.3, 0.4) is 0 Å². The summed E-state index contributed by atoms with van der Waals surface area (Å²) in [5.41, 5.74) is 1.13. The van der Waals surface area contributed by atoms with E-state index >= 15 is 0 Å². The van der Waals surface area contributed by atoms with Gasteiger partial charge in [-0.15, -0.1) is 0 Å². The van der Waals surface area contributed by atoms with Crippen molar-refractivity contribution >= 4 is 11.6 Å². The molecule has 0 atom stereocenters. The van der Waals surface area contributed by atoms with Gasteiger partial charge < -0.3 is 10.2 Å². The molecule has 1 N–H and O–H groups in total. The maximum atomic E-state index is 4.46. The second-order valence-corrected chi connectivity index (χ2v) is 4.92. The van der Waals surface area contributed by atoms with Crippen molar-refractivity contribution < 1.29 is 0 Å². The molecule has 0 aliphatic rings. The van der Waals surface area contributed by atoms with E-state index in [2.05, 4.69) is 47.9 Å². The van der Waals surface area contributed by atoms with Crippen LogP contribution >= 0.6 is 0 Å². The first kappa shape index (κ1) is 14.7. The molecule has 102 valence electrons. The highest BCUT2D eigenvalue weighted by atomic mass is 15.2. The zero-order chi connectivity index (χ0) is 13.5. The van der Waals surface area contributed by atoms with Gasteiger partial charge in [0, 0.05) is 25.2 Å². The molecule has 0 bridgehead atoms. The van der Waals surface area contributed by atoms with Crippen molar-refractivity contribution in [3.63, 3.8) is 0 Å². The highest BCUT2D eigenvalue weighted by Gasteiger charge is 2.16. The largest absolute Gasteiger partial charge is 0.373 e. The van der Waals surface area contributed by atoms with Crippen molar-refractivity contribution in [2.75, 3.05) is 23.8 Å². The second kappa shape index (κ2) is 7.19. The fourth-order valence-electron chi connectivity index (χ4n) is 2.12. The molecular weight excluding hydrogens is 224 g/mol. The molecule has 1 aromatic rings. The molecule has 0 fully saturated rings. The smallest absolute Gasteiger partial charge is 0.137 e. The Kier molecular flexibility index (Phi) is 5.89. The van der Waals surface area contributed by atoms with Crippen molar-refractivity contribution in [1.82, 2.24) is 9.97 Å². The molecule has 0 aromatic carbocycles. The number of hydrogen-bond donors (Lipinski definition) is 1. The van der Waals surface area contributed by atoms with E-state index in [-0.39, 0.29) is 0 Å². The van der Waals surface area contributed by atoms with Crippen LogP contribution in [0.2, 0.25) is 0 Å². The number of hydrogen-bond acceptors (Lipinski definition) is 4. The summed E-state index contributed by atoms with van der Waals surface area (Å²) in [6.07, 6.45) is 5.37. The Morgan fingerprint density at radius 1 is 1.28 bits per heavy atom. The van der Waals surface area contributed by atoms with Gasteiger partial charge in [0.25, 0.3) is 0 Å². The summed E-state index contributed by atoms with van der Waals surface area (Å²) in [6.45, 7) is 9.80. The molecule has 1 heterocycles. The Morgan fingerprint density at radius 3 is 2.56 bits per heavy atom. The number of nitrogens with zero attached hydrogens (tertiary/aromatic N) is 3. The van der Waals surface area contributed by atoms with Gasteiger partial charge in [0.05, 0.1) is 0 Å². The van der Waals surface area contributed by atoms with Gasteiger partial charge in [0.15, 0.2) is 0 Å². The molecule has 0 aliphatic carbocycles. The Bertz CT molecular complexity index is 363. The molecule has 1 aromatic heterocycles. The van der Waals surface area contributed by atoms with Crippen LogP contribution in [-0.2, 0) is 0 Å². The van der Waals surface area contributed by atoms with Gasteiger partial charge in [0.1, 0.15) is 18.0 Å². The van der Waals surface area contributed by atoms with Crippen molar-refractivity contribution in [1.29, 1.82) is 0 Å². The molecule has 0 radical (unpaired) electrons. The van der Waals surface area contributed by atoms with E-state index in [4.69, 9.17) is 0 Å². The standard InChI is InChI=1S/C14H26N4/c1-6-7-8-9-18(11(2)3)14-12(4)13(15-5)16-10-17-14/h10-11H,6-9H2,1-5H3,(H,15,16,17). The Balaban J connectivity index is 2.91. The average Bonchev–Trinajstić information content (AvgIpc) is 2.35. The minimum atomic E-state index is 0.458. The molecule has 0 saturated heterocycles. The molecule has 18 heavy (non-hydrogen) atoms. The summed E-state index contributed by atoms with van der Waals surface area (Å²) in [7, 11) is 1.90. The number of anilines is 2. The molecule has 4 nitrogen and oxygen atoms in total. The van der Waals surface area contributed by atoms with Crippen molar-refractivity contribution in [3.05, 3.63) is 11.9 Å². The van der Waals surface area contributed by atoms with Crippen LogP contribution in [0.15, 0.2) is 6.33 Å². The lowest BCUT2D eigenvalue weighted by molar-refractivity contribution is 0.618. The average molecular weight is 250 g/mol. The fraction of sp³-hybridized carbons (Fsp3) is 0.714. The number of rotatable bonds is 7. The number of unbranched alkanes of at least 4 members (excludes halogenated alkanes) is 2. The van der Waals surface area contributed by atoms with Gasteiger partial charge in [0.2, 0.25) is 0 Å². The highest BCUT2D eigenvalue weighted by Crippen LogP contribution is 2.23. The van der Waals surface area contributed by atoms with Gasteiger partial charge in [-0.25, -0.2) is 9.97 Å². The topological polar surface area (TPSA) is 41.1 Å². The van der Waals surface area contributed by atoms with Crippen molar-refractivity contribution in [2.45, 2.75) is 53.0 Å². The van der Waals surface area contributed by atoms with E-state index in [0.29, 0.717) is 6.04 Å². The van der Waals surface area contributed by atoms with Crippen molar-refractivity contribution in [3.8, 4) is 0 Å². The zero-order valence-corrected chi connectivity index (χ0v) is 12.3. The fourth-order valence-corrected chi connectivity index (χ4v) is 2.12. The highest BCUT2D eigenvalue weighted by molar-refractivity contribution is 5.57. The summed E-state index contributed by atoms with van der Waals surface area (Å²) in [6, 6.07) is 0.458. The van der Waals surface area contributed by atoms with Crippen LogP contribution in [-0.4, -0.2) is 29.6 Å². The summed E-state index contributed by atoms with van der Waals surface area (Å²) in [4.78, 5) is 11.1. The predicted molar refractivity (Wildman–Crippen MR) is 78.3 cm³/mol. The molecule has 0 amide bonds. The van der Waals surface area contributed by atoms with E-state index in [0.717, 1.165) is 23.7 Å². The van der Waals surface area contributed by atoms with Gasteiger partial charge in [-0.05, 0) is 27.2 Å². The molecule has 1 rings (SSSR count). The van der Waals surface area contributed by atoms with E-state index in [9.17, 15) is 0 Å². The lowest BCUT2D eigenvalue weighted by atomic mass is 10.2. The third kappa shape index (κ3) is 3.59. The molecule has 0 unspecified atom stereocenters.